The van der Waals surface area contributed by atoms with Crippen LogP contribution in [-0.4, -0.2) is 46.6 Å². The average Bonchev–Trinajstić information content (AvgIpc) is 2.86. The zero-order chi connectivity index (χ0) is 21.0. The molecular formula is C20H30BF3N2O3. The van der Waals surface area contributed by atoms with Crippen molar-refractivity contribution in [1.29, 1.82) is 0 Å². The average molecular weight is 414 g/mol. The van der Waals surface area contributed by atoms with Gasteiger partial charge in [0.05, 0.1) is 0 Å². The molecule has 2 bridgehead atoms. The van der Waals surface area contributed by atoms with Crippen molar-refractivity contribution in [3.05, 3.63) is 29.8 Å². The maximum absolute atomic E-state index is 12.3. The quantitative estimate of drug-likeness (QED) is 0.427. The molecule has 2 saturated heterocycles. The Morgan fingerprint density at radius 3 is 2.28 bits per heavy atom. The summed E-state index contributed by atoms with van der Waals surface area (Å²) in [7, 11) is -1.24. The zero-order valence-electron chi connectivity index (χ0n) is 16.5. The largest absolute Gasteiger partial charge is 0.573 e. The Labute approximate surface area is 170 Å². The first-order valence-corrected chi connectivity index (χ1v) is 10.4. The maximum atomic E-state index is 12.3. The van der Waals surface area contributed by atoms with Crippen molar-refractivity contribution in [2.75, 3.05) is 0 Å². The highest BCUT2D eigenvalue weighted by atomic mass is 19.4. The second kappa shape index (κ2) is 9.68. The van der Waals surface area contributed by atoms with E-state index in [-0.39, 0.29) is 11.8 Å². The minimum atomic E-state index is -4.67. The molecule has 0 radical (unpaired) electrons. The predicted molar refractivity (Wildman–Crippen MR) is 105 cm³/mol. The zero-order valence-corrected chi connectivity index (χ0v) is 16.5. The first kappa shape index (κ1) is 22.4. The van der Waals surface area contributed by atoms with Gasteiger partial charge in [-0.05, 0) is 62.0 Å². The van der Waals surface area contributed by atoms with Gasteiger partial charge in [-0.2, -0.15) is 0 Å². The highest BCUT2D eigenvalue weighted by Gasteiger charge is 2.42. The van der Waals surface area contributed by atoms with E-state index in [4.69, 9.17) is 15.8 Å². The summed E-state index contributed by atoms with van der Waals surface area (Å²) in [6.07, 6.45) is 2.68. The molecule has 2 aliphatic rings. The Morgan fingerprint density at radius 1 is 1.10 bits per heavy atom. The van der Waals surface area contributed by atoms with Crippen LogP contribution in [-0.2, 0) is 6.54 Å². The first-order valence-electron chi connectivity index (χ1n) is 10.4. The number of ether oxygens (including phenoxy) is 1. The van der Waals surface area contributed by atoms with E-state index in [0.29, 0.717) is 24.3 Å². The summed E-state index contributed by atoms with van der Waals surface area (Å²) < 4.78 is 40.8. The number of hydrogen-bond donors (Lipinski definition) is 3. The minimum absolute atomic E-state index is 0.134. The molecule has 0 spiro atoms. The fourth-order valence-corrected chi connectivity index (χ4v) is 4.87. The van der Waals surface area contributed by atoms with Gasteiger partial charge in [0.2, 0.25) is 0 Å². The maximum Gasteiger partial charge on any atom is 0.573 e. The molecule has 1 aromatic carbocycles. The Morgan fingerprint density at radius 2 is 1.72 bits per heavy atom. The van der Waals surface area contributed by atoms with E-state index in [2.05, 4.69) is 9.64 Å². The molecule has 5 nitrogen and oxygen atoms in total. The fraction of sp³-hybridized carbons (Fsp3) is 0.700. The Bertz CT molecular complexity index is 631. The van der Waals surface area contributed by atoms with Gasteiger partial charge >= 0.3 is 13.5 Å². The Hall–Kier alpha value is -1.29. The lowest BCUT2D eigenvalue weighted by Crippen LogP contribution is -2.46. The van der Waals surface area contributed by atoms with Crippen LogP contribution in [0.1, 0.15) is 50.5 Å². The molecule has 0 aromatic heterocycles. The molecule has 0 amide bonds. The number of benzene rings is 1. The highest BCUT2D eigenvalue weighted by molar-refractivity contribution is 6.40. The van der Waals surface area contributed by atoms with Crippen molar-refractivity contribution in [2.45, 2.75) is 82.3 Å². The molecule has 0 saturated carbocycles. The molecule has 2 aliphatic heterocycles. The number of rotatable bonds is 9. The third-order valence-corrected chi connectivity index (χ3v) is 6.30. The van der Waals surface area contributed by atoms with Crippen molar-refractivity contribution < 1.29 is 28.0 Å². The van der Waals surface area contributed by atoms with E-state index < -0.39 is 13.5 Å². The van der Waals surface area contributed by atoms with E-state index in [1.807, 2.05) is 0 Å². The summed E-state index contributed by atoms with van der Waals surface area (Å²) in [6, 6.07) is 7.22. The summed E-state index contributed by atoms with van der Waals surface area (Å²) in [4.78, 5) is 2.48. The first-order chi connectivity index (χ1) is 13.7. The van der Waals surface area contributed by atoms with Gasteiger partial charge in [-0.3, -0.25) is 4.90 Å². The number of nitrogens with zero attached hydrogens (tertiary/aromatic N) is 1. The van der Waals surface area contributed by atoms with Crippen LogP contribution in [0.25, 0.3) is 0 Å². The lowest BCUT2D eigenvalue weighted by atomic mass is 9.80. The smallest absolute Gasteiger partial charge is 0.427 e. The minimum Gasteiger partial charge on any atom is -0.427 e. The van der Waals surface area contributed by atoms with Gasteiger partial charge in [0.1, 0.15) is 5.75 Å². The number of piperidine rings is 1. The van der Waals surface area contributed by atoms with Crippen LogP contribution in [0.2, 0.25) is 6.32 Å². The van der Waals surface area contributed by atoms with Gasteiger partial charge in [0.15, 0.2) is 0 Å². The molecule has 4 N–H and O–H groups in total. The molecule has 3 atom stereocenters. The number of halogens is 3. The van der Waals surface area contributed by atoms with E-state index in [0.717, 1.165) is 57.1 Å². The van der Waals surface area contributed by atoms with Crippen LogP contribution < -0.4 is 10.5 Å². The third kappa shape index (κ3) is 6.60. The van der Waals surface area contributed by atoms with Crippen LogP contribution in [0, 0.1) is 5.92 Å². The van der Waals surface area contributed by atoms with Gasteiger partial charge < -0.3 is 20.5 Å². The SMILES string of the molecule is NC(CCCCB(O)O)C1CC2CCC(C1)N2Cc1ccc(OC(F)(F)F)cc1. The standard InChI is InChI=1S/C20H30BF3N2O3/c22-20(23,24)29-18-8-4-14(5-9-18)13-26-16-6-7-17(26)12-15(11-16)19(25)3-1-2-10-21(27)28/h4-5,8-9,15-17,19,27-28H,1-3,6-7,10-13,25H2. The number of alkyl halides is 3. The van der Waals surface area contributed by atoms with Gasteiger partial charge in [-0.25, -0.2) is 0 Å². The van der Waals surface area contributed by atoms with Gasteiger partial charge in [0, 0.05) is 24.7 Å². The number of fused-ring (bicyclic) bond motifs is 2. The molecule has 3 rings (SSSR count). The molecule has 2 fully saturated rings. The molecule has 9 heteroatoms. The van der Waals surface area contributed by atoms with Crippen molar-refractivity contribution >= 4 is 7.12 Å². The van der Waals surface area contributed by atoms with Crippen LogP contribution in [0.3, 0.4) is 0 Å². The van der Waals surface area contributed by atoms with E-state index >= 15 is 0 Å². The second-order valence-electron chi connectivity index (χ2n) is 8.41. The van der Waals surface area contributed by atoms with Gasteiger partial charge in [-0.15, -0.1) is 13.2 Å². The van der Waals surface area contributed by atoms with Crippen molar-refractivity contribution in [3.8, 4) is 5.75 Å². The summed E-state index contributed by atoms with van der Waals surface area (Å²) >= 11 is 0. The molecule has 0 aliphatic carbocycles. The predicted octanol–water partition coefficient (Wildman–Crippen LogP) is 3.30. The Balaban J connectivity index is 1.49. The monoisotopic (exact) mass is 414 g/mol. The van der Waals surface area contributed by atoms with Crippen LogP contribution in [0.4, 0.5) is 13.2 Å². The number of hydrogen-bond acceptors (Lipinski definition) is 5. The molecule has 29 heavy (non-hydrogen) atoms. The van der Waals surface area contributed by atoms with E-state index in [1.54, 1.807) is 12.1 Å². The van der Waals surface area contributed by atoms with Crippen molar-refractivity contribution in [1.82, 2.24) is 4.90 Å². The van der Waals surface area contributed by atoms with E-state index in [1.165, 1.54) is 12.1 Å². The van der Waals surface area contributed by atoms with Crippen LogP contribution in [0.5, 0.6) is 5.75 Å². The van der Waals surface area contributed by atoms with Crippen LogP contribution in [0.15, 0.2) is 24.3 Å². The summed E-state index contributed by atoms with van der Waals surface area (Å²) in [5.74, 6) is 0.285. The van der Waals surface area contributed by atoms with Gasteiger partial charge in [0.25, 0.3) is 0 Å². The Kier molecular flexibility index (Phi) is 7.48. The molecule has 1 aromatic rings. The summed E-state index contributed by atoms with van der Waals surface area (Å²) in [6.45, 7) is 0.734. The highest BCUT2D eigenvalue weighted by Crippen LogP contribution is 2.41. The molecular weight excluding hydrogens is 384 g/mol. The lowest BCUT2D eigenvalue weighted by molar-refractivity contribution is -0.274. The van der Waals surface area contributed by atoms with Crippen molar-refractivity contribution in [3.63, 3.8) is 0 Å². The van der Waals surface area contributed by atoms with Crippen molar-refractivity contribution in [2.24, 2.45) is 11.7 Å². The fourth-order valence-electron chi connectivity index (χ4n) is 4.87. The topological polar surface area (TPSA) is 79.0 Å². The summed E-state index contributed by atoms with van der Waals surface area (Å²) in [5.41, 5.74) is 7.42. The molecule has 162 valence electrons. The van der Waals surface area contributed by atoms with Gasteiger partial charge in [-0.1, -0.05) is 25.0 Å². The second-order valence-corrected chi connectivity index (χ2v) is 8.41. The third-order valence-electron chi connectivity index (χ3n) is 6.30. The normalized spacial score (nSPS) is 25.8. The molecule has 2 heterocycles. The van der Waals surface area contributed by atoms with Crippen LogP contribution >= 0.6 is 0 Å². The molecule has 3 unspecified atom stereocenters. The number of nitrogens with two attached hydrogens (primary N) is 1. The number of unbranched alkanes of at least 4 members (excludes halogenated alkanes) is 1. The van der Waals surface area contributed by atoms with E-state index in [9.17, 15) is 13.2 Å². The summed E-state index contributed by atoms with van der Waals surface area (Å²) in [5, 5.41) is 17.8. The lowest BCUT2D eigenvalue weighted by Gasteiger charge is -2.41.